The zero-order chi connectivity index (χ0) is 18.7. The summed E-state index contributed by atoms with van der Waals surface area (Å²) in [6, 6.07) is 14.7. The monoisotopic (exact) mass is 367 g/mol. The number of aromatic amines is 1. The van der Waals surface area contributed by atoms with Crippen molar-refractivity contribution in [1.82, 2.24) is 9.66 Å². The summed E-state index contributed by atoms with van der Waals surface area (Å²) in [5, 5.41) is 15.6. The molecule has 26 heavy (non-hydrogen) atoms. The summed E-state index contributed by atoms with van der Waals surface area (Å²) in [7, 11) is 3.53. The highest BCUT2D eigenvalue weighted by molar-refractivity contribution is 7.71. The number of benzene rings is 2. The number of nitrogens with one attached hydrogen (secondary N) is 1. The number of rotatable bonds is 5. The highest BCUT2D eigenvalue weighted by atomic mass is 32.1. The van der Waals surface area contributed by atoms with E-state index >= 15 is 0 Å². The lowest BCUT2D eigenvalue weighted by atomic mass is 10.2. The molecule has 0 saturated carbocycles. The first-order chi connectivity index (χ1) is 12.5. The maximum Gasteiger partial charge on any atom is 0.293 e. The van der Waals surface area contributed by atoms with Crippen LogP contribution in [-0.2, 0) is 0 Å². The molecule has 0 aliphatic carbocycles. The van der Waals surface area contributed by atoms with Gasteiger partial charge in [-0.15, -0.1) is 0 Å². The normalized spacial score (nSPS) is 11.0. The maximum absolute atomic E-state index is 11.3. The van der Waals surface area contributed by atoms with Gasteiger partial charge < -0.3 is 9.88 Å². The molecule has 132 valence electrons. The van der Waals surface area contributed by atoms with E-state index in [4.69, 9.17) is 12.2 Å². The zero-order valence-electron chi connectivity index (χ0n) is 14.3. The van der Waals surface area contributed by atoms with E-state index in [-0.39, 0.29) is 5.69 Å². The molecule has 8 heteroatoms. The van der Waals surface area contributed by atoms with Crippen LogP contribution in [0.3, 0.4) is 0 Å². The Labute approximate surface area is 155 Å². The first kappa shape index (κ1) is 17.6. The lowest BCUT2D eigenvalue weighted by Crippen LogP contribution is -2.11. The molecule has 7 nitrogen and oxygen atoms in total. The summed E-state index contributed by atoms with van der Waals surface area (Å²) >= 11 is 5.29. The molecule has 0 amide bonds. The third kappa shape index (κ3) is 3.70. The van der Waals surface area contributed by atoms with Gasteiger partial charge in [0, 0.05) is 25.7 Å². The third-order valence-electron chi connectivity index (χ3n) is 3.80. The Morgan fingerprint density at radius 1 is 1.23 bits per heavy atom. The van der Waals surface area contributed by atoms with Gasteiger partial charge in [-0.25, -0.2) is 4.68 Å². The topological polar surface area (TPSA) is 79.5 Å². The zero-order valence-corrected chi connectivity index (χ0v) is 15.1. The van der Waals surface area contributed by atoms with Crippen molar-refractivity contribution in [3.8, 4) is 11.3 Å². The van der Waals surface area contributed by atoms with Gasteiger partial charge in [0.15, 0.2) is 4.77 Å². The van der Waals surface area contributed by atoms with Crippen LogP contribution in [0.2, 0.25) is 0 Å². The van der Waals surface area contributed by atoms with Crippen molar-refractivity contribution >= 4 is 29.8 Å². The van der Waals surface area contributed by atoms with Gasteiger partial charge in [0.05, 0.1) is 23.0 Å². The number of hydrogen-bond acceptors (Lipinski definition) is 5. The number of nitrogens with zero attached hydrogens (tertiary/aromatic N) is 4. The maximum atomic E-state index is 11.3. The number of nitro benzene ring substituents is 1. The molecule has 0 aliphatic rings. The Morgan fingerprint density at radius 3 is 2.62 bits per heavy atom. The Hall–Kier alpha value is -3.26. The Balaban J connectivity index is 1.91. The van der Waals surface area contributed by atoms with E-state index in [0.717, 1.165) is 11.3 Å². The van der Waals surface area contributed by atoms with E-state index in [0.29, 0.717) is 16.0 Å². The second kappa shape index (κ2) is 7.32. The third-order valence-corrected chi connectivity index (χ3v) is 4.08. The van der Waals surface area contributed by atoms with Crippen LogP contribution in [0.15, 0.2) is 59.8 Å². The van der Waals surface area contributed by atoms with Crippen molar-refractivity contribution in [2.24, 2.45) is 5.10 Å². The molecular weight excluding hydrogens is 350 g/mol. The summed E-state index contributed by atoms with van der Waals surface area (Å²) in [5.74, 6) is 0. The van der Waals surface area contributed by atoms with Crippen LogP contribution in [0.4, 0.5) is 11.4 Å². The molecule has 1 heterocycles. The number of aromatic nitrogens is 2. The lowest BCUT2D eigenvalue weighted by molar-refractivity contribution is -0.384. The average molecular weight is 367 g/mol. The van der Waals surface area contributed by atoms with Crippen LogP contribution in [-0.4, -0.2) is 34.9 Å². The molecule has 1 aromatic heterocycles. The van der Waals surface area contributed by atoms with E-state index in [9.17, 15) is 10.1 Å². The quantitative estimate of drug-likeness (QED) is 0.319. The molecule has 0 saturated heterocycles. The largest absolute Gasteiger partial charge is 0.372 e. The Bertz CT molecular complexity index is 1020. The van der Waals surface area contributed by atoms with Crippen molar-refractivity contribution in [2.75, 3.05) is 19.0 Å². The van der Waals surface area contributed by atoms with Crippen LogP contribution in [0.25, 0.3) is 11.3 Å². The smallest absolute Gasteiger partial charge is 0.293 e. The van der Waals surface area contributed by atoms with Crippen LogP contribution in [0.1, 0.15) is 5.56 Å². The van der Waals surface area contributed by atoms with Crippen LogP contribution in [0, 0.1) is 14.9 Å². The van der Waals surface area contributed by atoms with E-state index in [1.54, 1.807) is 43.5 Å². The predicted molar refractivity (Wildman–Crippen MR) is 105 cm³/mol. The van der Waals surface area contributed by atoms with Gasteiger partial charge in [-0.05, 0) is 23.8 Å². The Morgan fingerprint density at radius 2 is 1.96 bits per heavy atom. The molecule has 0 bridgehead atoms. The molecule has 0 atom stereocenters. The highest BCUT2D eigenvalue weighted by Crippen LogP contribution is 2.27. The highest BCUT2D eigenvalue weighted by Gasteiger charge is 2.15. The van der Waals surface area contributed by atoms with Gasteiger partial charge in [-0.1, -0.05) is 36.4 Å². The van der Waals surface area contributed by atoms with Crippen molar-refractivity contribution in [1.29, 1.82) is 0 Å². The van der Waals surface area contributed by atoms with Crippen molar-refractivity contribution < 1.29 is 4.92 Å². The van der Waals surface area contributed by atoms with E-state index in [1.165, 1.54) is 10.7 Å². The fourth-order valence-electron chi connectivity index (χ4n) is 2.51. The summed E-state index contributed by atoms with van der Waals surface area (Å²) in [4.78, 5) is 15.7. The molecule has 2 aromatic carbocycles. The summed E-state index contributed by atoms with van der Waals surface area (Å²) in [5.41, 5.74) is 3.03. The molecule has 1 N–H and O–H groups in total. The van der Waals surface area contributed by atoms with Crippen molar-refractivity contribution in [2.45, 2.75) is 0 Å². The van der Waals surface area contributed by atoms with Crippen molar-refractivity contribution in [3.05, 3.63) is 75.2 Å². The van der Waals surface area contributed by atoms with Gasteiger partial charge in [-0.3, -0.25) is 10.1 Å². The molecule has 3 rings (SSSR count). The molecule has 0 aliphatic heterocycles. The minimum absolute atomic E-state index is 0.0293. The summed E-state index contributed by atoms with van der Waals surface area (Å²) in [6.45, 7) is 0. The minimum Gasteiger partial charge on any atom is -0.372 e. The number of anilines is 1. The van der Waals surface area contributed by atoms with Crippen molar-refractivity contribution in [3.63, 3.8) is 0 Å². The van der Waals surface area contributed by atoms with Gasteiger partial charge in [0.1, 0.15) is 5.69 Å². The first-order valence-electron chi connectivity index (χ1n) is 7.83. The van der Waals surface area contributed by atoms with Gasteiger partial charge >= 0.3 is 0 Å². The molecule has 0 unspecified atom stereocenters. The molecule has 0 fully saturated rings. The predicted octanol–water partition coefficient (Wildman–Crippen LogP) is 4.07. The first-order valence-corrected chi connectivity index (χ1v) is 8.24. The Kier molecular flexibility index (Phi) is 4.94. The fraction of sp³-hybridized carbons (Fsp3) is 0.111. The fourth-order valence-corrected chi connectivity index (χ4v) is 2.72. The molecule has 3 aromatic rings. The number of nitro groups is 1. The summed E-state index contributed by atoms with van der Waals surface area (Å²) < 4.78 is 1.98. The second-order valence-electron chi connectivity index (χ2n) is 5.83. The van der Waals surface area contributed by atoms with Gasteiger partial charge in [-0.2, -0.15) is 5.10 Å². The molecular formula is C18H17N5O2S. The number of imidazole rings is 1. The average Bonchev–Trinajstić information content (AvgIpc) is 3.01. The lowest BCUT2D eigenvalue weighted by Gasteiger charge is -2.12. The SMILES string of the molecule is CN(C)c1ccc(C=Nn2cc(-c3ccccc3)[nH]c2=S)cc1[N+](=O)[O-]. The molecule has 0 spiro atoms. The standard InChI is InChI=1S/C18H17N5O2S/c1-21(2)16-9-8-13(10-17(16)23(24)25)11-19-22-12-15(20-18(22)26)14-6-4-3-5-7-14/h3-12H,1-2H3,(H,20,26). The van der Waals surface area contributed by atoms with Crippen LogP contribution in [0.5, 0.6) is 0 Å². The van der Waals surface area contributed by atoms with Crippen LogP contribution >= 0.6 is 12.2 Å². The van der Waals surface area contributed by atoms with Gasteiger partial charge in [0.2, 0.25) is 0 Å². The van der Waals surface area contributed by atoms with Crippen LogP contribution < -0.4 is 4.90 Å². The van der Waals surface area contributed by atoms with Gasteiger partial charge in [0.25, 0.3) is 5.69 Å². The number of hydrogen-bond donors (Lipinski definition) is 1. The second-order valence-corrected chi connectivity index (χ2v) is 6.21. The number of H-pyrrole nitrogens is 1. The molecule has 0 radical (unpaired) electrons. The van der Waals surface area contributed by atoms with E-state index < -0.39 is 4.92 Å². The minimum atomic E-state index is -0.401. The van der Waals surface area contributed by atoms with E-state index in [1.807, 2.05) is 30.3 Å². The summed E-state index contributed by atoms with van der Waals surface area (Å²) in [6.07, 6.45) is 3.33. The van der Waals surface area contributed by atoms with E-state index in [2.05, 4.69) is 10.1 Å².